The van der Waals surface area contributed by atoms with Crippen molar-refractivity contribution >= 4 is 11.5 Å². The highest BCUT2D eigenvalue weighted by atomic mass is 16.5. The summed E-state index contributed by atoms with van der Waals surface area (Å²) in [4.78, 5) is 10.4. The third kappa shape index (κ3) is 2.74. The van der Waals surface area contributed by atoms with Crippen LogP contribution in [-0.4, -0.2) is 23.3 Å². The van der Waals surface area contributed by atoms with Crippen LogP contribution in [0.25, 0.3) is 5.57 Å². The summed E-state index contributed by atoms with van der Waals surface area (Å²) in [5.41, 5.74) is 1.30. The molecule has 0 bridgehead atoms. The summed E-state index contributed by atoms with van der Waals surface area (Å²) in [6.07, 6.45) is 1.10. The summed E-state index contributed by atoms with van der Waals surface area (Å²) in [5, 5.41) is 17.9. The Balaban J connectivity index is 3.11. The fraction of sp³-hybridized carbons (Fsp3) is 0.182. The number of allylic oxidation sites excluding steroid dienone is 1. The van der Waals surface area contributed by atoms with Crippen molar-refractivity contribution in [3.8, 4) is 11.5 Å². The molecule has 0 aliphatic rings. The number of aromatic hydroxyl groups is 1. The smallest absolute Gasteiger partial charge is 0.328 e. The highest BCUT2D eigenvalue weighted by Crippen LogP contribution is 2.28. The number of rotatable bonds is 3. The van der Waals surface area contributed by atoms with E-state index in [0.29, 0.717) is 16.9 Å². The molecule has 0 unspecified atom stereocenters. The molecule has 4 heteroatoms. The molecule has 0 aromatic heterocycles. The standard InChI is InChI=1S/C11H12O4/c1-7(5-11(13)14)8-3-4-9(12)10(6-8)15-2/h3-6,12H,1-2H3,(H,13,14)/b7-5+. The number of carboxylic acid groups (broad SMARTS) is 1. The van der Waals surface area contributed by atoms with E-state index in [4.69, 9.17) is 9.84 Å². The number of hydrogen-bond donors (Lipinski definition) is 2. The molecule has 0 radical (unpaired) electrons. The van der Waals surface area contributed by atoms with Gasteiger partial charge >= 0.3 is 5.97 Å². The van der Waals surface area contributed by atoms with Crippen molar-refractivity contribution < 1.29 is 19.7 Å². The van der Waals surface area contributed by atoms with Crippen molar-refractivity contribution in [2.24, 2.45) is 0 Å². The zero-order valence-electron chi connectivity index (χ0n) is 8.52. The Morgan fingerprint density at radius 2 is 2.13 bits per heavy atom. The summed E-state index contributed by atoms with van der Waals surface area (Å²) in [6, 6.07) is 4.68. The van der Waals surface area contributed by atoms with Crippen LogP contribution in [0.4, 0.5) is 0 Å². The maximum atomic E-state index is 10.4. The molecule has 0 atom stereocenters. The van der Waals surface area contributed by atoms with Crippen molar-refractivity contribution in [2.45, 2.75) is 6.92 Å². The van der Waals surface area contributed by atoms with Gasteiger partial charge in [0.15, 0.2) is 11.5 Å². The SMILES string of the molecule is COc1cc(/C(C)=C/C(=O)O)ccc1O. The van der Waals surface area contributed by atoms with E-state index in [2.05, 4.69) is 0 Å². The van der Waals surface area contributed by atoms with Gasteiger partial charge in [-0.15, -0.1) is 0 Å². The Hall–Kier alpha value is -1.97. The second kappa shape index (κ2) is 4.50. The van der Waals surface area contributed by atoms with Crippen LogP contribution in [0, 0.1) is 0 Å². The molecule has 0 amide bonds. The van der Waals surface area contributed by atoms with Gasteiger partial charge in [-0.05, 0) is 30.2 Å². The first-order valence-electron chi connectivity index (χ1n) is 4.33. The molecule has 80 valence electrons. The Bertz CT molecular complexity index is 407. The van der Waals surface area contributed by atoms with E-state index < -0.39 is 5.97 Å². The molecule has 0 aliphatic heterocycles. The predicted molar refractivity (Wildman–Crippen MR) is 55.9 cm³/mol. The molecule has 1 aromatic carbocycles. The lowest BCUT2D eigenvalue weighted by Gasteiger charge is -2.06. The fourth-order valence-electron chi connectivity index (χ4n) is 1.19. The van der Waals surface area contributed by atoms with E-state index in [-0.39, 0.29) is 5.75 Å². The van der Waals surface area contributed by atoms with Gasteiger partial charge in [0.05, 0.1) is 7.11 Å². The van der Waals surface area contributed by atoms with E-state index >= 15 is 0 Å². The Morgan fingerprint density at radius 3 is 2.67 bits per heavy atom. The largest absolute Gasteiger partial charge is 0.504 e. The number of aliphatic carboxylic acids is 1. The lowest BCUT2D eigenvalue weighted by Crippen LogP contribution is -1.91. The molecule has 0 spiro atoms. The lowest BCUT2D eigenvalue weighted by atomic mass is 10.1. The summed E-state index contributed by atoms with van der Waals surface area (Å²) < 4.78 is 4.92. The third-order valence-corrected chi connectivity index (χ3v) is 1.98. The van der Waals surface area contributed by atoms with Crippen LogP contribution in [0.3, 0.4) is 0 Å². The lowest BCUT2D eigenvalue weighted by molar-refractivity contribution is -0.131. The molecule has 0 fully saturated rings. The first-order valence-corrected chi connectivity index (χ1v) is 4.33. The maximum absolute atomic E-state index is 10.4. The van der Waals surface area contributed by atoms with Gasteiger partial charge in [-0.1, -0.05) is 6.07 Å². The monoisotopic (exact) mass is 208 g/mol. The quantitative estimate of drug-likeness (QED) is 0.744. The van der Waals surface area contributed by atoms with Crippen LogP contribution in [0.1, 0.15) is 12.5 Å². The maximum Gasteiger partial charge on any atom is 0.328 e. The Morgan fingerprint density at radius 1 is 1.47 bits per heavy atom. The minimum absolute atomic E-state index is 0.0318. The number of methoxy groups -OCH3 is 1. The third-order valence-electron chi connectivity index (χ3n) is 1.98. The van der Waals surface area contributed by atoms with Crippen molar-refractivity contribution in [3.05, 3.63) is 29.8 Å². The minimum Gasteiger partial charge on any atom is -0.504 e. The van der Waals surface area contributed by atoms with E-state index in [9.17, 15) is 9.90 Å². The van der Waals surface area contributed by atoms with Crippen molar-refractivity contribution in [3.63, 3.8) is 0 Å². The number of carbonyl (C=O) groups is 1. The predicted octanol–water partition coefficient (Wildman–Crippen LogP) is 1.89. The normalized spacial score (nSPS) is 11.2. The van der Waals surface area contributed by atoms with Crippen LogP contribution in [-0.2, 0) is 4.79 Å². The number of carboxylic acids is 1. The molecule has 1 aromatic rings. The van der Waals surface area contributed by atoms with Crippen LogP contribution < -0.4 is 4.74 Å². The van der Waals surface area contributed by atoms with Gasteiger partial charge in [0.1, 0.15) is 0 Å². The number of hydrogen-bond acceptors (Lipinski definition) is 3. The molecular formula is C11H12O4. The molecule has 4 nitrogen and oxygen atoms in total. The summed E-state index contributed by atoms with van der Waals surface area (Å²) >= 11 is 0. The summed E-state index contributed by atoms with van der Waals surface area (Å²) in [7, 11) is 1.44. The average molecular weight is 208 g/mol. The second-order valence-electron chi connectivity index (χ2n) is 3.05. The first-order chi connectivity index (χ1) is 7.04. The number of benzene rings is 1. The zero-order chi connectivity index (χ0) is 11.4. The summed E-state index contributed by atoms with van der Waals surface area (Å²) in [5.74, 6) is -0.644. The number of ether oxygens (including phenoxy) is 1. The summed E-state index contributed by atoms with van der Waals surface area (Å²) in [6.45, 7) is 1.68. The molecule has 1 rings (SSSR count). The van der Waals surface area contributed by atoms with E-state index in [1.54, 1.807) is 19.1 Å². The topological polar surface area (TPSA) is 66.8 Å². The number of phenols is 1. The molecular weight excluding hydrogens is 196 g/mol. The van der Waals surface area contributed by atoms with E-state index in [1.807, 2.05) is 0 Å². The van der Waals surface area contributed by atoms with E-state index in [0.717, 1.165) is 6.08 Å². The zero-order valence-corrected chi connectivity index (χ0v) is 8.52. The molecule has 2 N–H and O–H groups in total. The van der Waals surface area contributed by atoms with Gasteiger partial charge in [0.2, 0.25) is 0 Å². The van der Waals surface area contributed by atoms with Gasteiger partial charge in [-0.3, -0.25) is 0 Å². The van der Waals surface area contributed by atoms with Gasteiger partial charge in [-0.25, -0.2) is 4.79 Å². The average Bonchev–Trinajstić information content (AvgIpc) is 2.17. The molecule has 15 heavy (non-hydrogen) atoms. The van der Waals surface area contributed by atoms with Crippen molar-refractivity contribution in [1.29, 1.82) is 0 Å². The molecule has 0 heterocycles. The molecule has 0 aliphatic carbocycles. The highest BCUT2D eigenvalue weighted by molar-refractivity contribution is 5.89. The second-order valence-corrected chi connectivity index (χ2v) is 3.05. The van der Waals surface area contributed by atoms with Crippen LogP contribution in [0.2, 0.25) is 0 Å². The Kier molecular flexibility index (Phi) is 3.33. The van der Waals surface area contributed by atoms with Crippen molar-refractivity contribution in [2.75, 3.05) is 7.11 Å². The van der Waals surface area contributed by atoms with Gasteiger partial charge < -0.3 is 14.9 Å². The first kappa shape index (κ1) is 11.1. The van der Waals surface area contributed by atoms with Gasteiger partial charge in [0.25, 0.3) is 0 Å². The highest BCUT2D eigenvalue weighted by Gasteiger charge is 2.04. The van der Waals surface area contributed by atoms with E-state index in [1.165, 1.54) is 13.2 Å². The van der Waals surface area contributed by atoms with Gasteiger partial charge in [0, 0.05) is 6.08 Å². The molecule has 0 saturated heterocycles. The van der Waals surface area contributed by atoms with Crippen molar-refractivity contribution in [1.82, 2.24) is 0 Å². The van der Waals surface area contributed by atoms with Crippen LogP contribution >= 0.6 is 0 Å². The fourth-order valence-corrected chi connectivity index (χ4v) is 1.19. The van der Waals surface area contributed by atoms with Crippen LogP contribution in [0.5, 0.6) is 11.5 Å². The molecule has 0 saturated carbocycles. The Labute approximate surface area is 87.4 Å². The van der Waals surface area contributed by atoms with Gasteiger partial charge in [-0.2, -0.15) is 0 Å². The van der Waals surface area contributed by atoms with Crippen LogP contribution in [0.15, 0.2) is 24.3 Å². The number of phenolic OH excluding ortho intramolecular Hbond substituents is 1. The minimum atomic E-state index is -1.00.